The van der Waals surface area contributed by atoms with Crippen molar-refractivity contribution in [3.05, 3.63) is 42.4 Å². The second-order valence-corrected chi connectivity index (χ2v) is 3.46. The number of hydrogen-bond donors (Lipinski definition) is 0. The number of ether oxygens (including phenoxy) is 1. The number of nitrogens with zero attached hydrogens (tertiary/aromatic N) is 2. The van der Waals surface area contributed by atoms with Gasteiger partial charge < -0.3 is 9.14 Å². The highest BCUT2D eigenvalue weighted by atomic mass is 16.5. The molecule has 0 aromatic carbocycles. The minimum atomic E-state index is -0.344. The molecule has 16 heavy (non-hydrogen) atoms. The second kappa shape index (κ2) is 4.18. The molecule has 0 aliphatic rings. The molecule has 0 spiro atoms. The van der Waals surface area contributed by atoms with Crippen molar-refractivity contribution in [2.45, 2.75) is 6.92 Å². The maximum absolute atomic E-state index is 11.1. The van der Waals surface area contributed by atoms with E-state index in [1.54, 1.807) is 6.20 Å². The molecule has 0 atom stereocenters. The highest BCUT2D eigenvalue weighted by Gasteiger charge is 2.01. The molecule has 0 radical (unpaired) electrons. The van der Waals surface area contributed by atoms with Crippen LogP contribution in [0.25, 0.3) is 11.2 Å². The first kappa shape index (κ1) is 10.4. The Morgan fingerprint density at radius 3 is 3.06 bits per heavy atom. The molecule has 0 bridgehead atoms. The van der Waals surface area contributed by atoms with Crippen LogP contribution in [0.4, 0.5) is 0 Å². The smallest absolute Gasteiger partial charge is 0.330 e. The van der Waals surface area contributed by atoms with Gasteiger partial charge >= 0.3 is 5.97 Å². The van der Waals surface area contributed by atoms with Crippen molar-refractivity contribution < 1.29 is 9.53 Å². The molecule has 0 N–H and O–H groups in total. The highest BCUT2D eigenvalue weighted by Crippen LogP contribution is 2.14. The number of hydrogen-bond acceptors (Lipinski definition) is 3. The Morgan fingerprint density at radius 2 is 2.31 bits per heavy atom. The van der Waals surface area contributed by atoms with Gasteiger partial charge in [0.1, 0.15) is 5.65 Å². The molecule has 2 rings (SSSR count). The Hall–Kier alpha value is -2.10. The number of rotatable bonds is 2. The van der Waals surface area contributed by atoms with Gasteiger partial charge in [-0.15, -0.1) is 0 Å². The Balaban J connectivity index is 2.39. The van der Waals surface area contributed by atoms with E-state index in [9.17, 15) is 4.79 Å². The summed E-state index contributed by atoms with van der Waals surface area (Å²) in [4.78, 5) is 15.2. The van der Waals surface area contributed by atoms with Crippen LogP contribution in [-0.2, 0) is 9.53 Å². The first-order valence-electron chi connectivity index (χ1n) is 4.90. The third kappa shape index (κ3) is 1.95. The van der Waals surface area contributed by atoms with E-state index in [-0.39, 0.29) is 5.97 Å². The topological polar surface area (TPSA) is 43.6 Å². The third-order valence-electron chi connectivity index (χ3n) is 2.38. The largest absolute Gasteiger partial charge is 0.466 e. The van der Waals surface area contributed by atoms with Crippen LogP contribution in [-0.4, -0.2) is 22.5 Å². The SMILES string of the molecule is COC(=O)C=C(C)c1ccc2nccn2c1. The van der Waals surface area contributed by atoms with Gasteiger partial charge in [0.25, 0.3) is 0 Å². The van der Waals surface area contributed by atoms with Crippen LogP contribution in [0.5, 0.6) is 0 Å². The second-order valence-electron chi connectivity index (χ2n) is 3.46. The molecule has 0 aliphatic carbocycles. The van der Waals surface area contributed by atoms with Crippen molar-refractivity contribution in [2.75, 3.05) is 7.11 Å². The van der Waals surface area contributed by atoms with Crippen LogP contribution < -0.4 is 0 Å². The van der Waals surface area contributed by atoms with Crippen molar-refractivity contribution in [2.24, 2.45) is 0 Å². The van der Waals surface area contributed by atoms with Gasteiger partial charge in [-0.3, -0.25) is 0 Å². The number of esters is 1. The number of pyridine rings is 1. The number of carbonyl (C=O) groups excluding carboxylic acids is 1. The van der Waals surface area contributed by atoms with Crippen LogP contribution in [0.15, 0.2) is 36.8 Å². The zero-order valence-corrected chi connectivity index (χ0v) is 9.18. The van der Waals surface area contributed by atoms with Gasteiger partial charge in [-0.1, -0.05) is 0 Å². The maximum atomic E-state index is 11.1. The molecular weight excluding hydrogens is 204 g/mol. The summed E-state index contributed by atoms with van der Waals surface area (Å²) in [6.45, 7) is 1.87. The molecule has 0 fully saturated rings. The number of carbonyl (C=O) groups is 1. The standard InChI is InChI=1S/C12H12N2O2/c1-9(7-12(15)16-2)10-3-4-11-13-5-6-14(11)8-10/h3-8H,1-2H3. The number of methoxy groups -OCH3 is 1. The van der Waals surface area contributed by atoms with Crippen LogP contribution in [0.3, 0.4) is 0 Å². The van der Waals surface area contributed by atoms with E-state index in [2.05, 4.69) is 9.72 Å². The monoisotopic (exact) mass is 216 g/mol. The van der Waals surface area contributed by atoms with E-state index >= 15 is 0 Å². The van der Waals surface area contributed by atoms with Gasteiger partial charge in [0, 0.05) is 24.7 Å². The average Bonchev–Trinajstić information content (AvgIpc) is 2.75. The predicted molar refractivity (Wildman–Crippen MR) is 60.9 cm³/mol. The minimum Gasteiger partial charge on any atom is -0.466 e. The summed E-state index contributed by atoms with van der Waals surface area (Å²) in [5, 5.41) is 0. The quantitative estimate of drug-likeness (QED) is 0.569. The van der Waals surface area contributed by atoms with E-state index in [4.69, 9.17) is 0 Å². The fourth-order valence-corrected chi connectivity index (χ4v) is 1.47. The molecule has 82 valence electrons. The molecule has 2 aromatic rings. The van der Waals surface area contributed by atoms with Gasteiger partial charge in [0.2, 0.25) is 0 Å². The summed E-state index contributed by atoms with van der Waals surface area (Å²) in [6.07, 6.45) is 7.00. The van der Waals surface area contributed by atoms with Crippen LogP contribution in [0.2, 0.25) is 0 Å². The van der Waals surface area contributed by atoms with Gasteiger partial charge in [-0.2, -0.15) is 0 Å². The van der Waals surface area contributed by atoms with Crippen LogP contribution in [0.1, 0.15) is 12.5 Å². The molecule has 0 unspecified atom stereocenters. The summed E-state index contributed by atoms with van der Waals surface area (Å²) in [5.74, 6) is -0.344. The van der Waals surface area contributed by atoms with Crippen molar-refractivity contribution >= 4 is 17.2 Å². The fraction of sp³-hybridized carbons (Fsp3) is 0.167. The van der Waals surface area contributed by atoms with Crippen LogP contribution >= 0.6 is 0 Å². The normalized spacial score (nSPS) is 11.8. The van der Waals surface area contributed by atoms with E-state index < -0.39 is 0 Å². The lowest BCUT2D eigenvalue weighted by Gasteiger charge is -2.02. The molecule has 0 amide bonds. The predicted octanol–water partition coefficient (Wildman–Crippen LogP) is 1.91. The molecule has 4 heteroatoms. The number of aromatic nitrogens is 2. The lowest BCUT2D eigenvalue weighted by molar-refractivity contribution is -0.134. The van der Waals surface area contributed by atoms with Crippen molar-refractivity contribution in [1.82, 2.24) is 9.38 Å². The van der Waals surface area contributed by atoms with Crippen molar-refractivity contribution in [3.63, 3.8) is 0 Å². The summed E-state index contributed by atoms with van der Waals surface area (Å²) in [7, 11) is 1.37. The zero-order chi connectivity index (χ0) is 11.5. The Morgan fingerprint density at radius 1 is 1.50 bits per heavy atom. The zero-order valence-electron chi connectivity index (χ0n) is 9.18. The van der Waals surface area contributed by atoms with Gasteiger partial charge in [0.05, 0.1) is 7.11 Å². The Bertz CT molecular complexity index is 555. The summed E-state index contributed by atoms with van der Waals surface area (Å²) in [5.41, 5.74) is 2.72. The first-order valence-corrected chi connectivity index (χ1v) is 4.90. The molecule has 2 heterocycles. The van der Waals surface area contributed by atoms with Gasteiger partial charge in [-0.25, -0.2) is 9.78 Å². The highest BCUT2D eigenvalue weighted by molar-refractivity contribution is 5.90. The maximum Gasteiger partial charge on any atom is 0.330 e. The van der Waals surface area contributed by atoms with E-state index in [1.807, 2.05) is 35.9 Å². The van der Waals surface area contributed by atoms with Crippen molar-refractivity contribution in [3.8, 4) is 0 Å². The van der Waals surface area contributed by atoms with E-state index in [0.29, 0.717) is 0 Å². The van der Waals surface area contributed by atoms with Crippen LogP contribution in [0, 0.1) is 0 Å². The third-order valence-corrected chi connectivity index (χ3v) is 2.38. The molecule has 0 saturated heterocycles. The van der Waals surface area contributed by atoms with Gasteiger partial charge in [0.15, 0.2) is 0 Å². The summed E-state index contributed by atoms with van der Waals surface area (Å²) in [6, 6.07) is 3.83. The number of imidazole rings is 1. The lowest BCUT2D eigenvalue weighted by Crippen LogP contribution is -1.96. The van der Waals surface area contributed by atoms with Gasteiger partial charge in [-0.05, 0) is 30.2 Å². The fourth-order valence-electron chi connectivity index (χ4n) is 1.47. The minimum absolute atomic E-state index is 0.344. The van der Waals surface area contributed by atoms with E-state index in [0.717, 1.165) is 16.8 Å². The Kier molecular flexibility index (Phi) is 2.72. The number of fused-ring (bicyclic) bond motifs is 1. The van der Waals surface area contributed by atoms with E-state index in [1.165, 1.54) is 13.2 Å². The van der Waals surface area contributed by atoms with Crippen molar-refractivity contribution in [1.29, 1.82) is 0 Å². The first-order chi connectivity index (χ1) is 7.70. The molecule has 2 aromatic heterocycles. The molecular formula is C12H12N2O2. The number of allylic oxidation sites excluding steroid dienone is 1. The summed E-state index contributed by atoms with van der Waals surface area (Å²) >= 11 is 0. The summed E-state index contributed by atoms with van der Waals surface area (Å²) < 4.78 is 6.49. The lowest BCUT2D eigenvalue weighted by atomic mass is 10.1. The molecule has 0 saturated carbocycles. The Labute approximate surface area is 93.2 Å². The molecule has 4 nitrogen and oxygen atoms in total. The average molecular weight is 216 g/mol. The molecule has 0 aliphatic heterocycles.